The summed E-state index contributed by atoms with van der Waals surface area (Å²) < 4.78 is 2.17. The zero-order valence-electron chi connectivity index (χ0n) is 14.0. The lowest BCUT2D eigenvalue weighted by Gasteiger charge is -2.17. The number of hydrogen-bond donors (Lipinski definition) is 1. The van der Waals surface area contributed by atoms with E-state index >= 15 is 0 Å². The van der Waals surface area contributed by atoms with E-state index in [-0.39, 0.29) is 6.04 Å². The molecule has 0 saturated carbocycles. The van der Waals surface area contributed by atoms with Gasteiger partial charge in [-0.25, -0.2) is 4.98 Å². The summed E-state index contributed by atoms with van der Waals surface area (Å²) in [5.41, 5.74) is 14.3. The molecule has 2 aromatic heterocycles. The van der Waals surface area contributed by atoms with Crippen molar-refractivity contribution in [3.8, 4) is 6.07 Å². The Morgan fingerprint density at radius 3 is 2.83 bits per heavy atom. The second kappa shape index (κ2) is 5.47. The number of allylic oxidation sites excluding steroid dienone is 1. The van der Waals surface area contributed by atoms with E-state index in [1.165, 1.54) is 16.8 Å². The Morgan fingerprint density at radius 2 is 2.17 bits per heavy atom. The average molecular weight is 316 g/mol. The number of nitrogens with two attached hydrogens (primary N) is 1. The van der Waals surface area contributed by atoms with Gasteiger partial charge < -0.3 is 5.73 Å². The van der Waals surface area contributed by atoms with E-state index in [0.29, 0.717) is 5.56 Å². The fraction of sp³-hybridized carbons (Fsp3) is 0.300. The zero-order valence-corrected chi connectivity index (χ0v) is 14.0. The lowest BCUT2D eigenvalue weighted by Crippen LogP contribution is -2.12. The first-order chi connectivity index (χ1) is 11.7. The molecule has 1 atom stereocenters. The van der Waals surface area contributed by atoms with Gasteiger partial charge >= 0.3 is 0 Å². The van der Waals surface area contributed by atoms with Crippen LogP contribution in [-0.4, -0.2) is 15.4 Å². The second-order valence-electron chi connectivity index (χ2n) is 6.45. The minimum Gasteiger partial charge on any atom is -0.324 e. The molecule has 4 heteroatoms. The van der Waals surface area contributed by atoms with Crippen LogP contribution in [0.15, 0.2) is 30.3 Å². The van der Waals surface area contributed by atoms with Crippen molar-refractivity contribution in [1.29, 1.82) is 5.26 Å². The molecule has 1 unspecified atom stereocenters. The van der Waals surface area contributed by atoms with Crippen LogP contribution >= 0.6 is 0 Å². The molecule has 0 amide bonds. The zero-order chi connectivity index (χ0) is 16.8. The number of pyridine rings is 1. The van der Waals surface area contributed by atoms with Gasteiger partial charge in [0.25, 0.3) is 0 Å². The quantitative estimate of drug-likeness (QED) is 0.783. The van der Waals surface area contributed by atoms with Crippen molar-refractivity contribution in [3.63, 3.8) is 0 Å². The monoisotopic (exact) mass is 316 g/mol. The Bertz CT molecular complexity index is 1030. The summed E-state index contributed by atoms with van der Waals surface area (Å²) in [5, 5.41) is 9.72. The molecular weight excluding hydrogens is 296 g/mol. The topological polar surface area (TPSA) is 67.1 Å². The van der Waals surface area contributed by atoms with Crippen LogP contribution in [0, 0.1) is 18.3 Å². The third kappa shape index (κ3) is 1.98. The molecule has 1 aliphatic carbocycles. The SMILES string of the molecule is CCc1c(C)c(C#N)c2nc3ccccc3n2c1C1=CC(N)CC1. The van der Waals surface area contributed by atoms with Gasteiger partial charge in [0.1, 0.15) is 6.07 Å². The molecule has 0 fully saturated rings. The summed E-state index contributed by atoms with van der Waals surface area (Å²) in [6.45, 7) is 4.18. The third-order valence-corrected chi connectivity index (χ3v) is 5.05. The normalized spacial score (nSPS) is 17.4. The molecule has 1 aliphatic rings. The summed E-state index contributed by atoms with van der Waals surface area (Å²) in [4.78, 5) is 4.76. The van der Waals surface area contributed by atoms with Gasteiger partial charge in [-0.3, -0.25) is 4.40 Å². The molecule has 120 valence electrons. The molecular formula is C20H20N4. The highest BCUT2D eigenvalue weighted by Crippen LogP contribution is 2.36. The molecule has 0 bridgehead atoms. The van der Waals surface area contributed by atoms with Crippen LogP contribution in [0.2, 0.25) is 0 Å². The molecule has 2 N–H and O–H groups in total. The van der Waals surface area contributed by atoms with Crippen molar-refractivity contribution in [2.45, 2.75) is 39.2 Å². The molecule has 0 radical (unpaired) electrons. The lowest BCUT2D eigenvalue weighted by atomic mass is 9.95. The van der Waals surface area contributed by atoms with Crippen molar-refractivity contribution in [3.05, 3.63) is 52.7 Å². The van der Waals surface area contributed by atoms with Crippen molar-refractivity contribution in [2.75, 3.05) is 0 Å². The smallest absolute Gasteiger partial charge is 0.156 e. The van der Waals surface area contributed by atoms with Gasteiger partial charge in [0, 0.05) is 6.04 Å². The van der Waals surface area contributed by atoms with E-state index in [1.54, 1.807) is 0 Å². The number of nitrogens with zero attached hydrogens (tertiary/aromatic N) is 3. The van der Waals surface area contributed by atoms with E-state index < -0.39 is 0 Å². The highest BCUT2D eigenvalue weighted by atomic mass is 15.0. The number of para-hydroxylation sites is 2. The Balaban J connectivity index is 2.24. The van der Waals surface area contributed by atoms with Crippen LogP contribution in [-0.2, 0) is 6.42 Å². The molecule has 4 nitrogen and oxygen atoms in total. The number of aromatic nitrogens is 2. The average Bonchev–Trinajstić information content (AvgIpc) is 3.17. The highest BCUT2D eigenvalue weighted by Gasteiger charge is 2.24. The summed E-state index contributed by atoms with van der Waals surface area (Å²) in [5.74, 6) is 0. The first-order valence-electron chi connectivity index (χ1n) is 8.45. The lowest BCUT2D eigenvalue weighted by molar-refractivity contribution is 0.781. The van der Waals surface area contributed by atoms with Gasteiger partial charge in [0.2, 0.25) is 0 Å². The van der Waals surface area contributed by atoms with E-state index in [0.717, 1.165) is 41.5 Å². The summed E-state index contributed by atoms with van der Waals surface area (Å²) >= 11 is 0. The number of fused-ring (bicyclic) bond motifs is 3. The summed E-state index contributed by atoms with van der Waals surface area (Å²) in [6.07, 6.45) is 5.01. The van der Waals surface area contributed by atoms with Gasteiger partial charge in [-0.2, -0.15) is 5.26 Å². The molecule has 1 aromatic carbocycles. The van der Waals surface area contributed by atoms with Crippen molar-refractivity contribution < 1.29 is 0 Å². The van der Waals surface area contributed by atoms with Gasteiger partial charge in [-0.1, -0.05) is 25.1 Å². The van der Waals surface area contributed by atoms with E-state index in [9.17, 15) is 5.26 Å². The van der Waals surface area contributed by atoms with E-state index in [2.05, 4.69) is 29.5 Å². The van der Waals surface area contributed by atoms with Crippen molar-refractivity contribution >= 4 is 22.3 Å². The molecule has 0 saturated heterocycles. The molecule has 4 rings (SSSR count). The Hall–Kier alpha value is -2.64. The van der Waals surface area contributed by atoms with E-state index in [4.69, 9.17) is 10.7 Å². The Morgan fingerprint density at radius 1 is 1.38 bits per heavy atom. The second-order valence-corrected chi connectivity index (χ2v) is 6.45. The Labute approximate surface area is 141 Å². The number of benzene rings is 1. The third-order valence-electron chi connectivity index (χ3n) is 5.05. The van der Waals surface area contributed by atoms with Crippen molar-refractivity contribution in [2.24, 2.45) is 5.73 Å². The highest BCUT2D eigenvalue weighted by molar-refractivity contribution is 5.87. The molecule has 0 spiro atoms. The van der Waals surface area contributed by atoms with Crippen molar-refractivity contribution in [1.82, 2.24) is 9.38 Å². The van der Waals surface area contributed by atoms with Crippen LogP contribution in [0.25, 0.3) is 22.3 Å². The number of nitriles is 1. The van der Waals surface area contributed by atoms with E-state index in [1.807, 2.05) is 25.1 Å². The maximum Gasteiger partial charge on any atom is 0.156 e. The van der Waals surface area contributed by atoms with Crippen LogP contribution in [0.5, 0.6) is 0 Å². The first-order valence-corrected chi connectivity index (χ1v) is 8.45. The minimum atomic E-state index is 0.116. The first kappa shape index (κ1) is 14.9. The maximum absolute atomic E-state index is 9.72. The number of hydrogen-bond acceptors (Lipinski definition) is 3. The molecule has 0 aliphatic heterocycles. The number of imidazole rings is 1. The maximum atomic E-state index is 9.72. The predicted molar refractivity (Wildman–Crippen MR) is 96.7 cm³/mol. The van der Waals surface area contributed by atoms with Gasteiger partial charge in [0.15, 0.2) is 5.65 Å². The van der Waals surface area contributed by atoms with Crippen LogP contribution in [0.3, 0.4) is 0 Å². The fourth-order valence-electron chi connectivity index (χ4n) is 3.90. The largest absolute Gasteiger partial charge is 0.324 e. The van der Waals surface area contributed by atoms with Gasteiger partial charge in [-0.05, 0) is 55.0 Å². The minimum absolute atomic E-state index is 0.116. The summed E-state index contributed by atoms with van der Waals surface area (Å²) in [7, 11) is 0. The standard InChI is InChI=1S/C20H20N4/c1-3-15-12(2)16(11-21)20-23-17-6-4-5-7-18(17)24(20)19(15)13-8-9-14(22)10-13/h4-7,10,14H,3,8-9,22H2,1-2H3. The molecule has 3 aromatic rings. The number of rotatable bonds is 2. The molecule has 24 heavy (non-hydrogen) atoms. The molecule has 2 heterocycles. The van der Waals surface area contributed by atoms with Gasteiger partial charge in [-0.15, -0.1) is 0 Å². The van der Waals surface area contributed by atoms with Crippen LogP contribution in [0.1, 0.15) is 42.1 Å². The Kier molecular flexibility index (Phi) is 3.40. The fourth-order valence-corrected chi connectivity index (χ4v) is 3.90. The summed E-state index contributed by atoms with van der Waals surface area (Å²) in [6, 6.07) is 10.6. The van der Waals surface area contributed by atoms with Crippen LogP contribution < -0.4 is 5.73 Å². The van der Waals surface area contributed by atoms with Crippen LogP contribution in [0.4, 0.5) is 0 Å². The van der Waals surface area contributed by atoms with Gasteiger partial charge in [0.05, 0.1) is 22.3 Å². The predicted octanol–water partition coefficient (Wildman–Crippen LogP) is 3.73.